The number of rotatable bonds is 3. The van der Waals surface area contributed by atoms with Gasteiger partial charge in [-0.1, -0.05) is 0 Å². The number of anilines is 3. The number of hydrogen-bond donors (Lipinski definition) is 2. The Labute approximate surface area is 163 Å². The molecule has 2 aromatic carbocycles. The van der Waals surface area contributed by atoms with E-state index in [1.54, 1.807) is 23.1 Å². The lowest BCUT2D eigenvalue weighted by Crippen LogP contribution is -2.50. The zero-order chi connectivity index (χ0) is 19.5. The van der Waals surface area contributed by atoms with Gasteiger partial charge in [-0.05, 0) is 36.4 Å². The van der Waals surface area contributed by atoms with Crippen LogP contribution in [0.15, 0.2) is 42.5 Å². The Balaban J connectivity index is 1.31. The highest BCUT2D eigenvalue weighted by Crippen LogP contribution is 2.34. The molecule has 8 nitrogen and oxygen atoms in total. The number of benzene rings is 2. The molecule has 0 radical (unpaired) electrons. The maximum atomic E-state index is 12.5. The SMILES string of the molecule is CC(=O)Nc1ccc(N2CCN(C(=O)Nc3ccc4c(c3)OCO4)CC2)cc1. The number of urea groups is 1. The molecule has 0 spiro atoms. The van der Waals surface area contributed by atoms with Crippen LogP contribution in [0.5, 0.6) is 11.5 Å². The van der Waals surface area contributed by atoms with E-state index in [0.29, 0.717) is 30.3 Å². The first kappa shape index (κ1) is 18.0. The quantitative estimate of drug-likeness (QED) is 0.853. The fourth-order valence-electron chi connectivity index (χ4n) is 3.30. The standard InChI is InChI=1S/C20H22N4O4/c1-14(25)21-15-2-5-17(6-3-15)23-8-10-24(11-9-23)20(26)22-16-4-7-18-19(12-16)28-13-27-18/h2-7,12H,8-11,13H2,1H3,(H,21,25)(H,22,26). The number of nitrogens with zero attached hydrogens (tertiary/aromatic N) is 2. The maximum Gasteiger partial charge on any atom is 0.321 e. The Morgan fingerprint density at radius 2 is 1.54 bits per heavy atom. The molecule has 146 valence electrons. The Hall–Kier alpha value is -3.42. The van der Waals surface area contributed by atoms with Crippen LogP contribution in [-0.4, -0.2) is 49.8 Å². The molecular formula is C20H22N4O4. The number of ether oxygens (including phenoxy) is 2. The highest BCUT2D eigenvalue weighted by molar-refractivity contribution is 5.90. The lowest BCUT2D eigenvalue weighted by atomic mass is 10.2. The van der Waals surface area contributed by atoms with Crippen molar-refractivity contribution in [1.82, 2.24) is 4.90 Å². The summed E-state index contributed by atoms with van der Waals surface area (Å²) in [7, 11) is 0. The third kappa shape index (κ3) is 3.95. The molecule has 0 aromatic heterocycles. The van der Waals surface area contributed by atoms with E-state index in [4.69, 9.17) is 9.47 Å². The van der Waals surface area contributed by atoms with Crippen LogP contribution in [0.25, 0.3) is 0 Å². The summed E-state index contributed by atoms with van der Waals surface area (Å²) in [5, 5.41) is 5.67. The zero-order valence-corrected chi connectivity index (χ0v) is 15.6. The predicted molar refractivity (Wildman–Crippen MR) is 106 cm³/mol. The van der Waals surface area contributed by atoms with Gasteiger partial charge in [0.25, 0.3) is 0 Å². The minimum absolute atomic E-state index is 0.0881. The van der Waals surface area contributed by atoms with Crippen molar-refractivity contribution in [2.24, 2.45) is 0 Å². The van der Waals surface area contributed by atoms with Crippen LogP contribution in [0, 0.1) is 0 Å². The molecule has 8 heteroatoms. The number of carbonyl (C=O) groups excluding carboxylic acids is 2. The molecule has 1 saturated heterocycles. The number of piperazine rings is 1. The second-order valence-electron chi connectivity index (χ2n) is 6.70. The predicted octanol–water partition coefficient (Wildman–Crippen LogP) is 2.73. The molecule has 0 aliphatic carbocycles. The van der Waals surface area contributed by atoms with Crippen molar-refractivity contribution in [2.45, 2.75) is 6.92 Å². The number of amides is 3. The largest absolute Gasteiger partial charge is 0.454 e. The van der Waals surface area contributed by atoms with Crippen LogP contribution in [0.1, 0.15) is 6.92 Å². The molecule has 0 unspecified atom stereocenters. The normalized spacial score (nSPS) is 15.3. The monoisotopic (exact) mass is 382 g/mol. The molecule has 2 aliphatic rings. The second kappa shape index (κ2) is 7.67. The van der Waals surface area contributed by atoms with Gasteiger partial charge >= 0.3 is 6.03 Å². The van der Waals surface area contributed by atoms with Gasteiger partial charge in [0.2, 0.25) is 12.7 Å². The Morgan fingerprint density at radius 1 is 0.857 bits per heavy atom. The summed E-state index contributed by atoms with van der Waals surface area (Å²) in [6.45, 7) is 4.44. The van der Waals surface area contributed by atoms with E-state index in [1.807, 2.05) is 24.3 Å². The van der Waals surface area contributed by atoms with Gasteiger partial charge in [-0.3, -0.25) is 4.79 Å². The maximum absolute atomic E-state index is 12.5. The van der Waals surface area contributed by atoms with E-state index in [2.05, 4.69) is 15.5 Å². The fourth-order valence-corrected chi connectivity index (χ4v) is 3.30. The second-order valence-corrected chi connectivity index (χ2v) is 6.70. The van der Waals surface area contributed by atoms with Crippen LogP contribution >= 0.6 is 0 Å². The lowest BCUT2D eigenvalue weighted by molar-refractivity contribution is -0.114. The smallest absolute Gasteiger partial charge is 0.321 e. The van der Waals surface area contributed by atoms with Crippen molar-refractivity contribution in [2.75, 3.05) is 48.5 Å². The summed E-state index contributed by atoms with van der Waals surface area (Å²) in [4.78, 5) is 27.7. The average Bonchev–Trinajstić information content (AvgIpc) is 3.16. The summed E-state index contributed by atoms with van der Waals surface area (Å²) in [5.41, 5.74) is 2.54. The van der Waals surface area contributed by atoms with Crippen molar-refractivity contribution in [3.63, 3.8) is 0 Å². The summed E-state index contributed by atoms with van der Waals surface area (Å²) in [6.07, 6.45) is 0. The van der Waals surface area contributed by atoms with E-state index >= 15 is 0 Å². The van der Waals surface area contributed by atoms with Crippen LogP contribution in [-0.2, 0) is 4.79 Å². The molecule has 2 aliphatic heterocycles. The van der Waals surface area contributed by atoms with Gasteiger partial charge in [-0.2, -0.15) is 0 Å². The van der Waals surface area contributed by atoms with Gasteiger partial charge in [0.1, 0.15) is 0 Å². The van der Waals surface area contributed by atoms with Crippen molar-refractivity contribution in [3.05, 3.63) is 42.5 Å². The van der Waals surface area contributed by atoms with Crippen molar-refractivity contribution < 1.29 is 19.1 Å². The van der Waals surface area contributed by atoms with Gasteiger partial charge in [0.05, 0.1) is 0 Å². The van der Waals surface area contributed by atoms with Crippen molar-refractivity contribution in [3.8, 4) is 11.5 Å². The van der Waals surface area contributed by atoms with Crippen LogP contribution in [0.3, 0.4) is 0 Å². The highest BCUT2D eigenvalue weighted by Gasteiger charge is 2.22. The Morgan fingerprint density at radius 3 is 2.25 bits per heavy atom. The first-order chi connectivity index (χ1) is 13.6. The Kier molecular flexibility index (Phi) is 4.92. The van der Waals surface area contributed by atoms with Crippen molar-refractivity contribution >= 4 is 29.0 Å². The van der Waals surface area contributed by atoms with Gasteiger partial charge in [-0.15, -0.1) is 0 Å². The first-order valence-corrected chi connectivity index (χ1v) is 9.17. The average molecular weight is 382 g/mol. The molecule has 28 heavy (non-hydrogen) atoms. The minimum Gasteiger partial charge on any atom is -0.454 e. The summed E-state index contributed by atoms with van der Waals surface area (Å²) >= 11 is 0. The summed E-state index contributed by atoms with van der Waals surface area (Å²) < 4.78 is 10.6. The van der Waals surface area contributed by atoms with E-state index in [-0.39, 0.29) is 18.7 Å². The number of carbonyl (C=O) groups is 2. The Bertz CT molecular complexity index is 876. The number of fused-ring (bicyclic) bond motifs is 1. The molecule has 2 N–H and O–H groups in total. The molecule has 0 bridgehead atoms. The summed E-state index contributed by atoms with van der Waals surface area (Å²) in [6, 6.07) is 13.0. The minimum atomic E-state index is -0.125. The summed E-state index contributed by atoms with van der Waals surface area (Å²) in [5.74, 6) is 1.25. The van der Waals surface area contributed by atoms with Gasteiger partial charge in [-0.25, -0.2) is 4.79 Å². The third-order valence-corrected chi connectivity index (χ3v) is 4.74. The number of hydrogen-bond acceptors (Lipinski definition) is 5. The fraction of sp³-hybridized carbons (Fsp3) is 0.300. The molecule has 3 amide bonds. The topological polar surface area (TPSA) is 83.1 Å². The number of nitrogens with one attached hydrogen (secondary N) is 2. The van der Waals surface area contributed by atoms with E-state index in [0.717, 1.165) is 24.5 Å². The van der Waals surface area contributed by atoms with Crippen molar-refractivity contribution in [1.29, 1.82) is 0 Å². The molecule has 0 saturated carbocycles. The molecular weight excluding hydrogens is 360 g/mol. The molecule has 1 fully saturated rings. The first-order valence-electron chi connectivity index (χ1n) is 9.17. The van der Waals surface area contributed by atoms with Gasteiger partial charge in [0.15, 0.2) is 11.5 Å². The molecule has 0 atom stereocenters. The third-order valence-electron chi connectivity index (χ3n) is 4.74. The van der Waals surface area contributed by atoms with E-state index in [9.17, 15) is 9.59 Å². The van der Waals surface area contributed by atoms with Crippen LogP contribution in [0.2, 0.25) is 0 Å². The van der Waals surface area contributed by atoms with Gasteiger partial charge in [0, 0.05) is 56.2 Å². The van der Waals surface area contributed by atoms with Crippen LogP contribution in [0.4, 0.5) is 21.9 Å². The van der Waals surface area contributed by atoms with Gasteiger partial charge < -0.3 is 29.9 Å². The molecule has 2 aromatic rings. The lowest BCUT2D eigenvalue weighted by Gasteiger charge is -2.36. The molecule has 4 rings (SSSR count). The highest BCUT2D eigenvalue weighted by atomic mass is 16.7. The zero-order valence-electron chi connectivity index (χ0n) is 15.6. The molecule has 2 heterocycles. The van der Waals surface area contributed by atoms with E-state index in [1.165, 1.54) is 6.92 Å². The van der Waals surface area contributed by atoms with Crippen LogP contribution < -0.4 is 25.0 Å². The van der Waals surface area contributed by atoms with E-state index < -0.39 is 0 Å².